The van der Waals surface area contributed by atoms with Crippen LogP contribution in [0.5, 0.6) is 0 Å². The van der Waals surface area contributed by atoms with Crippen molar-refractivity contribution in [3.63, 3.8) is 0 Å². The van der Waals surface area contributed by atoms with Crippen LogP contribution in [0.3, 0.4) is 0 Å². The third-order valence-corrected chi connectivity index (χ3v) is 5.92. The average Bonchev–Trinajstić information content (AvgIpc) is 3.13. The van der Waals surface area contributed by atoms with Crippen LogP contribution in [0.15, 0.2) is 48.7 Å². The minimum Gasteiger partial charge on any atom is -0.352 e. The summed E-state index contributed by atoms with van der Waals surface area (Å²) in [5.74, 6) is -0.849. The van der Waals surface area contributed by atoms with Crippen LogP contribution in [0.25, 0.3) is 33.1 Å². The van der Waals surface area contributed by atoms with Gasteiger partial charge < -0.3 is 5.32 Å². The number of carbonyl (C=O) groups excluding carboxylic acids is 1. The number of nitrogens with zero attached hydrogens (tertiary/aromatic N) is 3. The third-order valence-electron chi connectivity index (χ3n) is 5.92. The Balaban J connectivity index is 1.60. The van der Waals surface area contributed by atoms with E-state index in [0.717, 1.165) is 25.7 Å². The average molecular weight is 420 g/mol. The van der Waals surface area contributed by atoms with E-state index >= 15 is 0 Å². The van der Waals surface area contributed by atoms with Crippen molar-refractivity contribution in [2.45, 2.75) is 44.7 Å². The van der Waals surface area contributed by atoms with Gasteiger partial charge in [0.25, 0.3) is 0 Å². The van der Waals surface area contributed by atoms with Crippen molar-refractivity contribution in [1.29, 1.82) is 0 Å². The number of benzene rings is 2. The maximum Gasteiger partial charge on any atom is 0.241 e. The lowest BCUT2D eigenvalue weighted by Gasteiger charge is -2.22. The quantitative estimate of drug-likeness (QED) is 0.507. The first-order valence-electron chi connectivity index (χ1n) is 10.6. The fraction of sp³-hybridized carbons (Fsp3) is 0.292. The molecule has 1 aliphatic rings. The minimum absolute atomic E-state index is 0.0177. The normalized spacial score (nSPS) is 14.9. The van der Waals surface area contributed by atoms with Crippen molar-refractivity contribution in [2.75, 3.05) is 0 Å². The molecule has 0 spiro atoms. The van der Waals surface area contributed by atoms with Gasteiger partial charge in [0.15, 0.2) is 0 Å². The van der Waals surface area contributed by atoms with Crippen LogP contribution in [0.1, 0.15) is 32.1 Å². The largest absolute Gasteiger partial charge is 0.352 e. The van der Waals surface area contributed by atoms with Crippen LogP contribution in [-0.2, 0) is 11.3 Å². The number of nitrogens with one attached hydrogen (secondary N) is 1. The van der Waals surface area contributed by atoms with Crippen LogP contribution < -0.4 is 5.32 Å². The summed E-state index contributed by atoms with van der Waals surface area (Å²) in [6.45, 7) is 0.0177. The Morgan fingerprint density at radius 3 is 2.52 bits per heavy atom. The SMILES string of the molecule is O=C(Cn1nc(-c2ccc(F)cc2)c2cnc3ccc(F)cc3c21)NC1CCCCC1. The molecule has 4 aromatic rings. The Morgan fingerprint density at radius 2 is 1.74 bits per heavy atom. The first-order chi connectivity index (χ1) is 15.1. The Kier molecular flexibility index (Phi) is 5.10. The van der Waals surface area contributed by atoms with Gasteiger partial charge in [-0.2, -0.15) is 5.10 Å². The van der Waals surface area contributed by atoms with Crippen molar-refractivity contribution >= 4 is 27.7 Å². The zero-order valence-electron chi connectivity index (χ0n) is 16.9. The molecule has 5 nitrogen and oxygen atoms in total. The van der Waals surface area contributed by atoms with Gasteiger partial charge >= 0.3 is 0 Å². The maximum atomic E-state index is 14.1. The van der Waals surface area contributed by atoms with Gasteiger partial charge in [-0.3, -0.25) is 14.5 Å². The van der Waals surface area contributed by atoms with Gasteiger partial charge in [-0.25, -0.2) is 8.78 Å². The topological polar surface area (TPSA) is 59.8 Å². The van der Waals surface area contributed by atoms with Crippen molar-refractivity contribution in [3.05, 3.63) is 60.3 Å². The molecule has 0 bridgehead atoms. The molecule has 0 saturated heterocycles. The first-order valence-corrected chi connectivity index (χ1v) is 10.6. The van der Waals surface area contributed by atoms with Crippen LogP contribution in [-0.4, -0.2) is 26.7 Å². The number of halogens is 2. The predicted molar refractivity (Wildman–Crippen MR) is 115 cm³/mol. The number of hydrogen-bond donors (Lipinski definition) is 1. The van der Waals surface area contributed by atoms with Crippen LogP contribution in [0, 0.1) is 11.6 Å². The lowest BCUT2D eigenvalue weighted by atomic mass is 9.95. The number of pyridine rings is 1. The molecule has 31 heavy (non-hydrogen) atoms. The van der Waals surface area contributed by atoms with Crippen LogP contribution in [0.2, 0.25) is 0 Å². The Labute approximate surface area is 178 Å². The smallest absolute Gasteiger partial charge is 0.241 e. The lowest BCUT2D eigenvalue weighted by Crippen LogP contribution is -2.38. The van der Waals surface area contributed by atoms with E-state index in [-0.39, 0.29) is 30.1 Å². The van der Waals surface area contributed by atoms with E-state index in [1.54, 1.807) is 29.1 Å². The van der Waals surface area contributed by atoms with Crippen LogP contribution in [0.4, 0.5) is 8.78 Å². The third kappa shape index (κ3) is 3.87. The molecule has 1 saturated carbocycles. The maximum absolute atomic E-state index is 14.1. The van der Waals surface area contributed by atoms with Crippen LogP contribution >= 0.6 is 0 Å². The molecule has 0 aliphatic heterocycles. The van der Waals surface area contributed by atoms with E-state index in [1.165, 1.54) is 30.7 Å². The van der Waals surface area contributed by atoms with Gasteiger partial charge in [0.05, 0.1) is 11.0 Å². The van der Waals surface area contributed by atoms with E-state index < -0.39 is 0 Å². The molecule has 1 aliphatic carbocycles. The summed E-state index contributed by atoms with van der Waals surface area (Å²) in [4.78, 5) is 17.3. The molecule has 2 aromatic heterocycles. The molecule has 2 aromatic carbocycles. The summed E-state index contributed by atoms with van der Waals surface area (Å²) in [6.07, 6.45) is 7.12. The van der Waals surface area contributed by atoms with E-state index in [2.05, 4.69) is 15.4 Å². The Hall–Kier alpha value is -3.35. The highest BCUT2D eigenvalue weighted by Gasteiger charge is 2.20. The van der Waals surface area contributed by atoms with Gasteiger partial charge in [-0.15, -0.1) is 0 Å². The van der Waals surface area contributed by atoms with Gasteiger partial charge in [0, 0.05) is 28.6 Å². The van der Waals surface area contributed by atoms with Crippen molar-refractivity contribution in [3.8, 4) is 11.3 Å². The summed E-state index contributed by atoms with van der Waals surface area (Å²) in [5.41, 5.74) is 2.55. The van der Waals surface area contributed by atoms with Crippen molar-refractivity contribution in [2.24, 2.45) is 0 Å². The van der Waals surface area contributed by atoms with E-state index in [9.17, 15) is 13.6 Å². The summed E-state index contributed by atoms with van der Waals surface area (Å²) >= 11 is 0. The molecule has 5 rings (SSSR count). The minimum atomic E-state index is -0.385. The second-order valence-corrected chi connectivity index (χ2v) is 8.10. The summed E-state index contributed by atoms with van der Waals surface area (Å²) < 4.78 is 29.1. The second-order valence-electron chi connectivity index (χ2n) is 8.10. The number of carbonyl (C=O) groups is 1. The van der Waals surface area contributed by atoms with Crippen molar-refractivity contribution < 1.29 is 13.6 Å². The number of rotatable bonds is 4. The number of aromatic nitrogens is 3. The molecule has 0 radical (unpaired) electrons. The standard InChI is InChI=1S/C24H22F2N4O/c25-16-8-6-15(7-9-16)23-20-13-27-21-11-10-17(26)12-19(21)24(20)30(29-23)14-22(31)28-18-4-2-1-3-5-18/h6-13,18H,1-5,14H2,(H,28,31). The molecule has 7 heteroatoms. The van der Waals surface area contributed by atoms with Crippen molar-refractivity contribution in [1.82, 2.24) is 20.1 Å². The van der Waals surface area contributed by atoms with Gasteiger partial charge in [0.1, 0.15) is 23.9 Å². The van der Waals surface area contributed by atoms with Gasteiger partial charge in [-0.05, 0) is 55.3 Å². The van der Waals surface area contributed by atoms with E-state index in [0.29, 0.717) is 33.1 Å². The highest BCUT2D eigenvalue weighted by molar-refractivity contribution is 6.08. The molecule has 1 N–H and O–H groups in total. The molecule has 0 unspecified atom stereocenters. The second kappa shape index (κ2) is 8.06. The molecule has 0 atom stereocenters. The summed E-state index contributed by atoms with van der Waals surface area (Å²) in [6, 6.07) is 10.6. The monoisotopic (exact) mass is 420 g/mol. The van der Waals surface area contributed by atoms with Gasteiger partial charge in [-0.1, -0.05) is 19.3 Å². The fourth-order valence-corrected chi connectivity index (χ4v) is 4.42. The zero-order valence-corrected chi connectivity index (χ0v) is 16.9. The molecular weight excluding hydrogens is 398 g/mol. The predicted octanol–water partition coefficient (Wildman–Crippen LogP) is 4.98. The molecule has 1 fully saturated rings. The summed E-state index contributed by atoms with van der Waals surface area (Å²) in [7, 11) is 0. The number of fused-ring (bicyclic) bond motifs is 3. The molecule has 2 heterocycles. The first kappa shape index (κ1) is 19.6. The van der Waals surface area contributed by atoms with E-state index in [1.807, 2.05) is 0 Å². The van der Waals surface area contributed by atoms with Gasteiger partial charge in [0.2, 0.25) is 5.91 Å². The Morgan fingerprint density at radius 1 is 1.00 bits per heavy atom. The molecule has 1 amide bonds. The molecular formula is C24H22F2N4O. The highest BCUT2D eigenvalue weighted by Crippen LogP contribution is 2.32. The Bertz CT molecular complexity index is 1260. The number of hydrogen-bond acceptors (Lipinski definition) is 3. The summed E-state index contributed by atoms with van der Waals surface area (Å²) in [5, 5.41) is 9.06. The highest BCUT2D eigenvalue weighted by atomic mass is 19.1. The lowest BCUT2D eigenvalue weighted by molar-refractivity contribution is -0.122. The number of amides is 1. The molecule has 158 valence electrons. The fourth-order valence-electron chi connectivity index (χ4n) is 4.42. The zero-order chi connectivity index (χ0) is 21.4. The van der Waals surface area contributed by atoms with E-state index in [4.69, 9.17) is 0 Å².